The average molecular weight is 255 g/mol. The molecule has 1 unspecified atom stereocenters. The van der Waals surface area contributed by atoms with E-state index in [2.05, 4.69) is 0 Å². The number of benzene rings is 1. The fourth-order valence-electron chi connectivity index (χ4n) is 2.58. The van der Waals surface area contributed by atoms with Crippen molar-refractivity contribution in [2.45, 2.75) is 31.3 Å². The number of aliphatic hydroxyl groups is 1. The maximum absolute atomic E-state index is 11.4. The second-order valence-corrected chi connectivity index (χ2v) is 5.00. The summed E-state index contributed by atoms with van der Waals surface area (Å²) in [5.74, 6) is -1.38. The van der Waals surface area contributed by atoms with Gasteiger partial charge in [0.1, 0.15) is 0 Å². The molecule has 92 valence electrons. The van der Waals surface area contributed by atoms with Crippen molar-refractivity contribution < 1.29 is 15.0 Å². The van der Waals surface area contributed by atoms with Gasteiger partial charge in [0.05, 0.1) is 0 Å². The molecule has 1 aliphatic rings. The minimum absolute atomic E-state index is 0.207. The highest BCUT2D eigenvalue weighted by molar-refractivity contribution is 6.30. The first-order valence-corrected chi connectivity index (χ1v) is 6.14. The van der Waals surface area contributed by atoms with E-state index in [9.17, 15) is 15.0 Å². The Morgan fingerprint density at radius 1 is 1.24 bits per heavy atom. The van der Waals surface area contributed by atoms with Crippen molar-refractivity contribution in [3.05, 3.63) is 34.9 Å². The van der Waals surface area contributed by atoms with Crippen LogP contribution in [0.3, 0.4) is 0 Å². The summed E-state index contributed by atoms with van der Waals surface area (Å²) in [6, 6.07) is 6.41. The summed E-state index contributed by atoms with van der Waals surface area (Å²) in [4.78, 5) is 11.4. The minimum atomic E-state index is -1.78. The summed E-state index contributed by atoms with van der Waals surface area (Å²) < 4.78 is 0. The van der Waals surface area contributed by atoms with Gasteiger partial charge in [-0.3, -0.25) is 0 Å². The second-order valence-electron chi connectivity index (χ2n) is 4.56. The lowest BCUT2D eigenvalue weighted by atomic mass is 9.80. The summed E-state index contributed by atoms with van der Waals surface area (Å²) in [7, 11) is 0. The number of carbonyl (C=O) groups is 1. The number of rotatable bonds is 3. The van der Waals surface area contributed by atoms with E-state index < -0.39 is 11.6 Å². The van der Waals surface area contributed by atoms with Crippen molar-refractivity contribution in [3.8, 4) is 0 Å². The maximum atomic E-state index is 11.4. The molecule has 0 radical (unpaired) electrons. The van der Waals surface area contributed by atoms with Gasteiger partial charge in [-0.2, -0.15) is 0 Å². The van der Waals surface area contributed by atoms with E-state index in [0.29, 0.717) is 10.6 Å². The molecular formula is C13H15ClO3. The molecule has 17 heavy (non-hydrogen) atoms. The van der Waals surface area contributed by atoms with Crippen LogP contribution >= 0.6 is 11.6 Å². The van der Waals surface area contributed by atoms with Gasteiger partial charge in [-0.05, 0) is 30.5 Å². The Bertz CT molecular complexity index is 409. The molecule has 0 heterocycles. The standard InChI is InChI=1S/C13H15ClO3/c14-11-7-5-10(6-8-11)13(17,12(15)16)9-3-1-2-4-9/h5-9,17H,1-4H2,(H,15,16). The van der Waals surface area contributed by atoms with E-state index in [1.165, 1.54) is 0 Å². The SMILES string of the molecule is O=C(O)C(O)(c1ccc(Cl)cc1)C1CCCC1. The summed E-state index contributed by atoms with van der Waals surface area (Å²) >= 11 is 5.77. The van der Waals surface area contributed by atoms with Gasteiger partial charge in [0, 0.05) is 10.9 Å². The predicted octanol–water partition coefficient (Wildman–Crippen LogP) is 2.80. The van der Waals surface area contributed by atoms with Crippen molar-refractivity contribution in [2.24, 2.45) is 5.92 Å². The van der Waals surface area contributed by atoms with Crippen molar-refractivity contribution >= 4 is 17.6 Å². The van der Waals surface area contributed by atoms with E-state index in [1.807, 2.05) is 0 Å². The normalized spacial score (nSPS) is 20.1. The van der Waals surface area contributed by atoms with Crippen molar-refractivity contribution in [2.75, 3.05) is 0 Å². The van der Waals surface area contributed by atoms with E-state index >= 15 is 0 Å². The molecule has 0 aliphatic heterocycles. The Balaban J connectivity index is 2.39. The van der Waals surface area contributed by atoms with Gasteiger partial charge in [-0.25, -0.2) is 4.79 Å². The number of hydrogen-bond acceptors (Lipinski definition) is 2. The van der Waals surface area contributed by atoms with Gasteiger partial charge in [-0.1, -0.05) is 36.6 Å². The van der Waals surface area contributed by atoms with Crippen LogP contribution in [0.4, 0.5) is 0 Å². The zero-order chi connectivity index (χ0) is 12.5. The van der Waals surface area contributed by atoms with Crippen molar-refractivity contribution in [3.63, 3.8) is 0 Å². The van der Waals surface area contributed by atoms with Crippen molar-refractivity contribution in [1.29, 1.82) is 0 Å². The molecule has 1 aromatic rings. The summed E-state index contributed by atoms with van der Waals surface area (Å²) in [6.07, 6.45) is 3.47. The highest BCUT2D eigenvalue weighted by atomic mass is 35.5. The van der Waals surface area contributed by atoms with Crippen LogP contribution in [0.15, 0.2) is 24.3 Å². The van der Waals surface area contributed by atoms with Crippen LogP contribution in [0.1, 0.15) is 31.2 Å². The van der Waals surface area contributed by atoms with Gasteiger partial charge < -0.3 is 10.2 Å². The minimum Gasteiger partial charge on any atom is -0.479 e. The number of halogens is 1. The topological polar surface area (TPSA) is 57.5 Å². The summed E-state index contributed by atoms with van der Waals surface area (Å²) in [6.45, 7) is 0. The third-order valence-corrected chi connectivity index (χ3v) is 3.81. The third-order valence-electron chi connectivity index (χ3n) is 3.56. The quantitative estimate of drug-likeness (QED) is 0.872. The first kappa shape index (κ1) is 12.4. The Morgan fingerprint density at radius 3 is 2.24 bits per heavy atom. The molecule has 0 aromatic heterocycles. The van der Waals surface area contributed by atoms with Crippen LogP contribution in [0, 0.1) is 5.92 Å². The van der Waals surface area contributed by atoms with Crippen molar-refractivity contribution in [1.82, 2.24) is 0 Å². The lowest BCUT2D eigenvalue weighted by molar-refractivity contribution is -0.166. The summed E-state index contributed by atoms with van der Waals surface area (Å²) in [5.41, 5.74) is -1.36. The van der Waals surface area contributed by atoms with E-state index in [1.54, 1.807) is 24.3 Å². The monoisotopic (exact) mass is 254 g/mol. The maximum Gasteiger partial charge on any atom is 0.340 e. The zero-order valence-electron chi connectivity index (χ0n) is 9.40. The molecule has 0 bridgehead atoms. The van der Waals surface area contributed by atoms with Crippen LogP contribution < -0.4 is 0 Å². The molecule has 1 aromatic carbocycles. The Morgan fingerprint density at radius 2 is 1.76 bits per heavy atom. The Kier molecular flexibility index (Phi) is 3.40. The van der Waals surface area contributed by atoms with Gasteiger partial charge in [0.15, 0.2) is 5.60 Å². The first-order chi connectivity index (χ1) is 8.05. The average Bonchev–Trinajstić information content (AvgIpc) is 2.82. The Hall–Kier alpha value is -1.06. The number of carboxylic acids is 1. The zero-order valence-corrected chi connectivity index (χ0v) is 10.2. The van der Waals surface area contributed by atoms with Crippen LogP contribution in [0.2, 0.25) is 5.02 Å². The largest absolute Gasteiger partial charge is 0.479 e. The third kappa shape index (κ3) is 2.17. The van der Waals surface area contributed by atoms with Gasteiger partial charge in [-0.15, -0.1) is 0 Å². The van der Waals surface area contributed by atoms with Crippen LogP contribution in [-0.2, 0) is 10.4 Å². The molecule has 4 heteroatoms. The van der Waals surface area contributed by atoms with Crippen LogP contribution in [0.5, 0.6) is 0 Å². The molecule has 2 rings (SSSR count). The highest BCUT2D eigenvalue weighted by Gasteiger charge is 2.46. The smallest absolute Gasteiger partial charge is 0.340 e. The number of hydrogen-bond donors (Lipinski definition) is 2. The number of carboxylic acid groups (broad SMARTS) is 1. The second kappa shape index (κ2) is 4.67. The fourth-order valence-corrected chi connectivity index (χ4v) is 2.71. The molecule has 1 fully saturated rings. The van der Waals surface area contributed by atoms with E-state index in [-0.39, 0.29) is 5.92 Å². The molecule has 1 saturated carbocycles. The molecule has 1 aliphatic carbocycles. The highest BCUT2D eigenvalue weighted by Crippen LogP contribution is 2.41. The molecule has 0 saturated heterocycles. The van der Waals surface area contributed by atoms with Crippen LogP contribution in [0.25, 0.3) is 0 Å². The first-order valence-electron chi connectivity index (χ1n) is 5.77. The molecule has 0 spiro atoms. The fraction of sp³-hybridized carbons (Fsp3) is 0.462. The van der Waals surface area contributed by atoms with Gasteiger partial charge >= 0.3 is 5.97 Å². The molecule has 0 amide bonds. The lowest BCUT2D eigenvalue weighted by Gasteiger charge is -2.30. The number of aliphatic carboxylic acids is 1. The van der Waals surface area contributed by atoms with E-state index in [4.69, 9.17) is 11.6 Å². The predicted molar refractivity (Wildman–Crippen MR) is 64.9 cm³/mol. The van der Waals surface area contributed by atoms with Gasteiger partial charge in [0.2, 0.25) is 0 Å². The molecular weight excluding hydrogens is 240 g/mol. The molecule has 3 nitrogen and oxygen atoms in total. The summed E-state index contributed by atoms with van der Waals surface area (Å²) in [5, 5.41) is 20.4. The Labute approximate surface area is 105 Å². The van der Waals surface area contributed by atoms with E-state index in [0.717, 1.165) is 25.7 Å². The van der Waals surface area contributed by atoms with Crippen LogP contribution in [-0.4, -0.2) is 16.2 Å². The lowest BCUT2D eigenvalue weighted by Crippen LogP contribution is -2.42. The molecule has 2 N–H and O–H groups in total. The van der Waals surface area contributed by atoms with Gasteiger partial charge in [0.25, 0.3) is 0 Å². The molecule has 1 atom stereocenters.